The van der Waals surface area contributed by atoms with Crippen LogP contribution in [0.25, 0.3) is 0 Å². The predicted octanol–water partition coefficient (Wildman–Crippen LogP) is 1.08. The summed E-state index contributed by atoms with van der Waals surface area (Å²) in [5, 5.41) is 21.2. The first-order valence-electron chi connectivity index (χ1n) is 9.27. The van der Waals surface area contributed by atoms with E-state index >= 15 is 0 Å². The van der Waals surface area contributed by atoms with Crippen molar-refractivity contribution < 1.29 is 9.90 Å². The first kappa shape index (κ1) is 21.4. The van der Waals surface area contributed by atoms with Crippen LogP contribution in [0.5, 0.6) is 0 Å². The van der Waals surface area contributed by atoms with Gasteiger partial charge in [-0.3, -0.25) is 9.48 Å². The molecule has 0 aliphatic rings. The topological polar surface area (TPSA) is 94.8 Å². The first-order chi connectivity index (χ1) is 13.2. The van der Waals surface area contributed by atoms with Crippen molar-refractivity contribution in [3.8, 4) is 0 Å². The molecule has 0 aliphatic carbocycles. The van der Waals surface area contributed by atoms with Crippen LogP contribution in [0, 0.1) is 0 Å². The minimum Gasteiger partial charge on any atom is -0.383 e. The molecular formula is C20H30N6O2. The van der Waals surface area contributed by atoms with Gasteiger partial charge in [-0.15, -0.1) is 0 Å². The summed E-state index contributed by atoms with van der Waals surface area (Å²) < 4.78 is 1.66. The molecule has 1 heterocycles. The lowest BCUT2D eigenvalue weighted by Gasteiger charge is -2.23. The SMILES string of the molecule is CCNC(=NCc1ccc(C(=O)N(C)C)cc1)NCC(C)(O)c1cnn(C)c1. The lowest BCUT2D eigenvalue weighted by Crippen LogP contribution is -2.44. The molecule has 0 saturated carbocycles. The zero-order valence-corrected chi connectivity index (χ0v) is 17.2. The molecule has 0 fully saturated rings. The third-order valence-electron chi connectivity index (χ3n) is 4.30. The second kappa shape index (κ2) is 9.36. The number of aliphatic hydroxyl groups is 1. The average Bonchev–Trinajstić information content (AvgIpc) is 3.11. The summed E-state index contributed by atoms with van der Waals surface area (Å²) in [6.45, 7) is 5.18. The lowest BCUT2D eigenvalue weighted by molar-refractivity contribution is 0.0616. The average molecular weight is 387 g/mol. The van der Waals surface area contributed by atoms with Crippen LogP contribution < -0.4 is 10.6 Å². The van der Waals surface area contributed by atoms with Gasteiger partial charge in [-0.05, 0) is 31.5 Å². The summed E-state index contributed by atoms with van der Waals surface area (Å²) in [6, 6.07) is 7.41. The van der Waals surface area contributed by atoms with E-state index in [0.717, 1.165) is 11.1 Å². The number of amides is 1. The van der Waals surface area contributed by atoms with Crippen LogP contribution in [-0.4, -0.2) is 58.8 Å². The van der Waals surface area contributed by atoms with Gasteiger partial charge in [0.1, 0.15) is 5.60 Å². The molecule has 0 radical (unpaired) electrons. The van der Waals surface area contributed by atoms with Crippen LogP contribution in [0.3, 0.4) is 0 Å². The molecule has 28 heavy (non-hydrogen) atoms. The molecule has 1 amide bonds. The van der Waals surface area contributed by atoms with Gasteiger partial charge < -0.3 is 20.6 Å². The third kappa shape index (κ3) is 5.82. The molecule has 0 saturated heterocycles. The van der Waals surface area contributed by atoms with Crippen LogP contribution in [-0.2, 0) is 19.2 Å². The number of carbonyl (C=O) groups excluding carboxylic acids is 1. The van der Waals surface area contributed by atoms with Crippen molar-refractivity contribution in [2.45, 2.75) is 26.0 Å². The Morgan fingerprint density at radius 2 is 1.96 bits per heavy atom. The molecule has 1 unspecified atom stereocenters. The maximum Gasteiger partial charge on any atom is 0.253 e. The van der Waals surface area contributed by atoms with Crippen molar-refractivity contribution in [3.63, 3.8) is 0 Å². The molecule has 1 atom stereocenters. The zero-order valence-electron chi connectivity index (χ0n) is 17.2. The molecule has 2 rings (SSSR count). The molecule has 1 aromatic heterocycles. The van der Waals surface area contributed by atoms with Crippen LogP contribution in [0.4, 0.5) is 0 Å². The van der Waals surface area contributed by atoms with Crippen molar-refractivity contribution in [2.75, 3.05) is 27.2 Å². The number of aromatic nitrogens is 2. The van der Waals surface area contributed by atoms with Crippen LogP contribution in [0.15, 0.2) is 41.7 Å². The van der Waals surface area contributed by atoms with Crippen molar-refractivity contribution in [1.82, 2.24) is 25.3 Å². The highest BCUT2D eigenvalue weighted by molar-refractivity contribution is 5.93. The number of hydrogen-bond acceptors (Lipinski definition) is 4. The summed E-state index contributed by atoms with van der Waals surface area (Å²) in [5.41, 5.74) is 1.31. The van der Waals surface area contributed by atoms with Crippen molar-refractivity contribution in [2.24, 2.45) is 12.0 Å². The highest BCUT2D eigenvalue weighted by atomic mass is 16.3. The number of aliphatic imine (C=N–C) groups is 1. The fraction of sp³-hybridized carbons (Fsp3) is 0.450. The Hall–Kier alpha value is -2.87. The first-order valence-corrected chi connectivity index (χ1v) is 9.27. The fourth-order valence-corrected chi connectivity index (χ4v) is 2.58. The Morgan fingerprint density at radius 3 is 2.50 bits per heavy atom. The molecular weight excluding hydrogens is 356 g/mol. The molecule has 1 aromatic carbocycles. The molecule has 0 bridgehead atoms. The number of hydrogen-bond donors (Lipinski definition) is 3. The van der Waals surface area contributed by atoms with E-state index in [1.165, 1.54) is 0 Å². The fourth-order valence-electron chi connectivity index (χ4n) is 2.58. The van der Waals surface area contributed by atoms with Crippen LogP contribution in [0.1, 0.15) is 35.3 Å². The molecule has 3 N–H and O–H groups in total. The van der Waals surface area contributed by atoms with E-state index in [0.29, 0.717) is 31.2 Å². The number of benzene rings is 1. The quantitative estimate of drug-likeness (QED) is 0.489. The number of guanidine groups is 1. The number of carbonyl (C=O) groups is 1. The van der Waals surface area contributed by atoms with Gasteiger partial charge in [0.15, 0.2) is 5.96 Å². The largest absolute Gasteiger partial charge is 0.383 e. The highest BCUT2D eigenvalue weighted by Gasteiger charge is 2.25. The standard InChI is InChI=1S/C20H30N6O2/c1-6-21-19(23-14-20(2,28)17-12-24-26(5)13-17)22-11-15-7-9-16(10-8-15)18(27)25(3)4/h7-10,12-13,28H,6,11,14H2,1-5H3,(H2,21,22,23). The molecule has 8 nitrogen and oxygen atoms in total. The maximum absolute atomic E-state index is 12.0. The summed E-state index contributed by atoms with van der Waals surface area (Å²) >= 11 is 0. The minimum absolute atomic E-state index is 0.0253. The third-order valence-corrected chi connectivity index (χ3v) is 4.30. The smallest absolute Gasteiger partial charge is 0.253 e. The van der Waals surface area contributed by atoms with E-state index in [9.17, 15) is 9.90 Å². The Balaban J connectivity index is 2.01. The van der Waals surface area contributed by atoms with Crippen molar-refractivity contribution in [3.05, 3.63) is 53.3 Å². The van der Waals surface area contributed by atoms with Gasteiger partial charge >= 0.3 is 0 Å². The monoisotopic (exact) mass is 386 g/mol. The molecule has 8 heteroatoms. The summed E-state index contributed by atoms with van der Waals surface area (Å²) in [7, 11) is 5.28. The number of aryl methyl sites for hydroxylation is 1. The summed E-state index contributed by atoms with van der Waals surface area (Å²) in [5.74, 6) is 0.586. The Kier molecular flexibility index (Phi) is 7.17. The van der Waals surface area contributed by atoms with Gasteiger partial charge in [-0.25, -0.2) is 4.99 Å². The van der Waals surface area contributed by atoms with Gasteiger partial charge in [0, 0.05) is 45.0 Å². The van der Waals surface area contributed by atoms with Gasteiger partial charge in [0.05, 0.1) is 19.3 Å². The number of nitrogens with zero attached hydrogens (tertiary/aromatic N) is 4. The van der Waals surface area contributed by atoms with Crippen molar-refractivity contribution in [1.29, 1.82) is 0 Å². The molecule has 0 spiro atoms. The molecule has 2 aromatic rings. The number of nitrogens with one attached hydrogen (secondary N) is 2. The zero-order chi connectivity index (χ0) is 20.7. The Labute approximate surface area is 166 Å². The molecule has 152 valence electrons. The van der Waals surface area contributed by atoms with E-state index in [2.05, 4.69) is 20.7 Å². The minimum atomic E-state index is -1.07. The van der Waals surface area contributed by atoms with Crippen LogP contribution >= 0.6 is 0 Å². The van der Waals surface area contributed by atoms with E-state index in [1.807, 2.05) is 26.1 Å². The van der Waals surface area contributed by atoms with E-state index in [-0.39, 0.29) is 5.91 Å². The van der Waals surface area contributed by atoms with E-state index in [4.69, 9.17) is 0 Å². The predicted molar refractivity (Wildman–Crippen MR) is 110 cm³/mol. The second-order valence-corrected chi connectivity index (χ2v) is 7.12. The normalized spacial score (nSPS) is 13.7. The maximum atomic E-state index is 12.0. The van der Waals surface area contributed by atoms with E-state index < -0.39 is 5.60 Å². The van der Waals surface area contributed by atoms with Gasteiger partial charge in [-0.1, -0.05) is 12.1 Å². The van der Waals surface area contributed by atoms with Gasteiger partial charge in [0.2, 0.25) is 0 Å². The van der Waals surface area contributed by atoms with Gasteiger partial charge in [0.25, 0.3) is 5.91 Å². The Bertz CT molecular complexity index is 808. The summed E-state index contributed by atoms with van der Waals surface area (Å²) in [6.07, 6.45) is 3.45. The van der Waals surface area contributed by atoms with E-state index in [1.54, 1.807) is 55.1 Å². The van der Waals surface area contributed by atoms with Gasteiger partial charge in [-0.2, -0.15) is 5.10 Å². The Morgan fingerprint density at radius 1 is 1.29 bits per heavy atom. The van der Waals surface area contributed by atoms with Crippen LogP contribution in [0.2, 0.25) is 0 Å². The highest BCUT2D eigenvalue weighted by Crippen LogP contribution is 2.18. The van der Waals surface area contributed by atoms with Crippen molar-refractivity contribution >= 4 is 11.9 Å². The lowest BCUT2D eigenvalue weighted by atomic mass is 10.00. The summed E-state index contributed by atoms with van der Waals surface area (Å²) in [4.78, 5) is 18.1. The second-order valence-electron chi connectivity index (χ2n) is 7.12. The number of rotatable bonds is 7. The molecule has 0 aliphatic heterocycles.